The van der Waals surface area contributed by atoms with Crippen molar-refractivity contribution in [3.8, 4) is 28.5 Å². The Morgan fingerprint density at radius 1 is 1.10 bits per heavy atom. The highest BCUT2D eigenvalue weighted by Gasteiger charge is 2.34. The van der Waals surface area contributed by atoms with Gasteiger partial charge in [0, 0.05) is 43.3 Å². The lowest BCUT2D eigenvalue weighted by Gasteiger charge is -2.39. The van der Waals surface area contributed by atoms with Gasteiger partial charge >= 0.3 is 12.7 Å². The highest BCUT2D eigenvalue weighted by molar-refractivity contribution is 6.02. The van der Waals surface area contributed by atoms with Crippen LogP contribution >= 0.6 is 0 Å². The number of alkyl halides is 2. The number of imidazole rings is 1. The average Bonchev–Trinajstić information content (AvgIpc) is 3.56. The number of likely N-dealkylation sites (tertiary alicyclic amines) is 1. The minimum atomic E-state index is -3.10. The molecule has 40 heavy (non-hydrogen) atoms. The van der Waals surface area contributed by atoms with Gasteiger partial charge < -0.3 is 23.8 Å². The molecular weight excluding hydrogens is 524 g/mol. The van der Waals surface area contributed by atoms with E-state index in [2.05, 4.69) is 4.98 Å². The van der Waals surface area contributed by atoms with Crippen LogP contribution in [0.25, 0.3) is 16.9 Å². The monoisotopic (exact) mass is 557 g/mol. The number of pyridine rings is 1. The fourth-order valence-electron chi connectivity index (χ4n) is 4.68. The van der Waals surface area contributed by atoms with Gasteiger partial charge in [0.15, 0.2) is 5.78 Å². The third-order valence-electron chi connectivity index (χ3n) is 6.83. The number of halogens is 2. The molecule has 2 aliphatic rings. The van der Waals surface area contributed by atoms with Gasteiger partial charge in [-0.3, -0.25) is 9.20 Å². The van der Waals surface area contributed by atoms with E-state index in [1.54, 1.807) is 39.9 Å². The molecule has 0 atom stereocenters. The van der Waals surface area contributed by atoms with Gasteiger partial charge in [-0.2, -0.15) is 8.78 Å². The molecule has 3 heterocycles. The molecule has 0 bridgehead atoms. The van der Waals surface area contributed by atoms with Crippen molar-refractivity contribution in [2.75, 3.05) is 26.8 Å². The first-order chi connectivity index (χ1) is 19.0. The summed E-state index contributed by atoms with van der Waals surface area (Å²) >= 11 is 0. The van der Waals surface area contributed by atoms with Crippen molar-refractivity contribution >= 4 is 17.5 Å². The number of ether oxygens (including phenoxy) is 4. The Bertz CT molecular complexity index is 1410. The first-order valence-corrected chi connectivity index (χ1v) is 13.3. The topological polar surface area (TPSA) is 91.6 Å². The Kier molecular flexibility index (Phi) is 7.57. The van der Waals surface area contributed by atoms with Crippen LogP contribution in [0.1, 0.15) is 50.4 Å². The predicted molar refractivity (Wildman–Crippen MR) is 142 cm³/mol. The molecule has 1 aliphatic carbocycles. The zero-order valence-electron chi connectivity index (χ0n) is 23.0. The minimum absolute atomic E-state index is 0.0317. The summed E-state index contributed by atoms with van der Waals surface area (Å²) in [6, 6.07) is 6.62. The molecule has 0 radical (unpaired) electrons. The summed E-state index contributed by atoms with van der Waals surface area (Å²) in [5, 5.41) is 0. The lowest BCUT2D eigenvalue weighted by atomic mass is 10.00. The zero-order valence-corrected chi connectivity index (χ0v) is 23.0. The Hall–Kier alpha value is -3.89. The van der Waals surface area contributed by atoms with Crippen molar-refractivity contribution in [2.45, 2.75) is 52.2 Å². The van der Waals surface area contributed by atoms with Gasteiger partial charge in [-0.05, 0) is 57.7 Å². The summed E-state index contributed by atoms with van der Waals surface area (Å²) in [4.78, 5) is 31.1. The molecule has 0 N–H and O–H groups in total. The smallest absolute Gasteiger partial charge is 0.410 e. The van der Waals surface area contributed by atoms with Crippen LogP contribution in [0.15, 0.2) is 36.7 Å². The van der Waals surface area contributed by atoms with E-state index in [0.717, 1.165) is 12.8 Å². The molecule has 1 saturated heterocycles. The van der Waals surface area contributed by atoms with Crippen molar-refractivity contribution in [3.05, 3.63) is 42.2 Å². The molecule has 1 saturated carbocycles. The summed E-state index contributed by atoms with van der Waals surface area (Å²) in [5.41, 5.74) is 1.19. The van der Waals surface area contributed by atoms with Crippen molar-refractivity contribution in [3.63, 3.8) is 0 Å². The number of amides is 1. The largest absolute Gasteiger partial charge is 0.496 e. The third-order valence-corrected chi connectivity index (χ3v) is 6.83. The second-order valence-corrected chi connectivity index (χ2v) is 11.3. The number of hydrogen-bond donors (Lipinski definition) is 0. The summed E-state index contributed by atoms with van der Waals surface area (Å²) < 4.78 is 49.9. The average molecular weight is 558 g/mol. The Morgan fingerprint density at radius 3 is 2.48 bits per heavy atom. The lowest BCUT2D eigenvalue weighted by molar-refractivity contribution is -0.0502. The van der Waals surface area contributed by atoms with Crippen molar-refractivity contribution in [2.24, 2.45) is 11.8 Å². The van der Waals surface area contributed by atoms with Gasteiger partial charge in [-0.1, -0.05) is 0 Å². The summed E-state index contributed by atoms with van der Waals surface area (Å²) in [5.74, 6) is 0.767. The fourth-order valence-corrected chi connectivity index (χ4v) is 4.68. The highest BCUT2D eigenvalue weighted by atomic mass is 19.3. The molecule has 5 rings (SSSR count). The lowest BCUT2D eigenvalue weighted by Crippen LogP contribution is -2.53. The number of ketones is 1. The fraction of sp³-hybridized carbons (Fsp3) is 0.483. The Morgan fingerprint density at radius 2 is 1.82 bits per heavy atom. The molecule has 214 valence electrons. The molecule has 2 aromatic heterocycles. The van der Waals surface area contributed by atoms with Crippen LogP contribution in [-0.4, -0.2) is 65.2 Å². The summed E-state index contributed by atoms with van der Waals surface area (Å²) in [6.07, 6.45) is 5.23. The van der Waals surface area contributed by atoms with Gasteiger partial charge in [0.05, 0.1) is 25.6 Å². The van der Waals surface area contributed by atoms with E-state index >= 15 is 0 Å². The number of carbonyl (C=O) groups excluding carboxylic acids is 2. The molecule has 11 heteroatoms. The van der Waals surface area contributed by atoms with Crippen LogP contribution in [0.2, 0.25) is 0 Å². The number of carbonyl (C=O) groups is 2. The maximum atomic E-state index is 13.3. The number of nitrogens with zero attached hydrogens (tertiary/aromatic N) is 3. The summed E-state index contributed by atoms with van der Waals surface area (Å²) in [7, 11) is 1.39. The molecule has 0 unspecified atom stereocenters. The van der Waals surface area contributed by atoms with Crippen LogP contribution in [0.5, 0.6) is 17.2 Å². The second kappa shape index (κ2) is 10.9. The third kappa shape index (κ3) is 6.29. The normalized spacial score (nSPS) is 15.7. The van der Waals surface area contributed by atoms with E-state index in [1.807, 2.05) is 20.8 Å². The Labute approximate surface area is 231 Å². The molecule has 1 amide bonds. The number of hydrogen-bond acceptors (Lipinski definition) is 7. The molecule has 2 fully saturated rings. The van der Waals surface area contributed by atoms with Crippen molar-refractivity contribution in [1.82, 2.24) is 14.3 Å². The van der Waals surface area contributed by atoms with Crippen LogP contribution in [0.4, 0.5) is 13.6 Å². The molecule has 0 spiro atoms. The van der Waals surface area contributed by atoms with Gasteiger partial charge in [0.25, 0.3) is 0 Å². The first-order valence-electron chi connectivity index (χ1n) is 13.3. The highest BCUT2D eigenvalue weighted by Crippen LogP contribution is 2.40. The molecule has 3 aromatic rings. The zero-order chi connectivity index (χ0) is 28.6. The second-order valence-electron chi connectivity index (χ2n) is 11.3. The van der Waals surface area contributed by atoms with E-state index in [0.29, 0.717) is 42.4 Å². The number of Topliss-reactive ketones (excluding diaryl/α,β-unsaturated/α-hetero) is 1. The van der Waals surface area contributed by atoms with Crippen molar-refractivity contribution in [1.29, 1.82) is 0 Å². The first kappa shape index (κ1) is 27.7. The van der Waals surface area contributed by atoms with E-state index in [4.69, 9.17) is 18.9 Å². The van der Waals surface area contributed by atoms with E-state index < -0.39 is 12.2 Å². The van der Waals surface area contributed by atoms with Gasteiger partial charge in [-0.15, -0.1) is 0 Å². The molecule has 1 aliphatic heterocycles. The van der Waals surface area contributed by atoms with Gasteiger partial charge in [-0.25, -0.2) is 9.78 Å². The Balaban J connectivity index is 1.30. The van der Waals surface area contributed by atoms with E-state index in [1.165, 1.54) is 13.2 Å². The number of aromatic nitrogens is 2. The van der Waals surface area contributed by atoms with E-state index in [9.17, 15) is 18.4 Å². The maximum absolute atomic E-state index is 13.3. The van der Waals surface area contributed by atoms with Crippen molar-refractivity contribution < 1.29 is 37.3 Å². The SMILES string of the molecule is COc1cc(-c2cnc3cc(OCC4CN(C(=O)OC(C)(C)C)C4)ccn23)cc(OC(F)F)c1C(=O)CC1CC1. The van der Waals surface area contributed by atoms with Crippen LogP contribution in [0.3, 0.4) is 0 Å². The number of fused-ring (bicyclic) bond motifs is 1. The standard InChI is InChI=1S/C29H33F2N3O6/c1-29(2,3)40-28(36)33-14-18(15-33)16-38-20-7-8-34-21(13-32-25(34)12-20)19-10-23(37-4)26(22(35)9-17-5-6-17)24(11-19)39-27(30)31/h7-8,10-13,17-18,27H,5-6,9,14-16H2,1-4H3. The number of benzene rings is 1. The van der Waals surface area contributed by atoms with Gasteiger partial charge in [0.2, 0.25) is 0 Å². The predicted octanol–water partition coefficient (Wildman–Crippen LogP) is 5.84. The van der Waals surface area contributed by atoms with E-state index in [-0.39, 0.29) is 47.2 Å². The molecule has 9 nitrogen and oxygen atoms in total. The van der Waals surface area contributed by atoms with Gasteiger partial charge in [0.1, 0.15) is 34.1 Å². The molecule has 1 aromatic carbocycles. The molecular formula is C29H33F2N3O6. The van der Waals surface area contributed by atoms with Crippen LogP contribution < -0.4 is 14.2 Å². The summed E-state index contributed by atoms with van der Waals surface area (Å²) in [6.45, 7) is 3.97. The van der Waals surface area contributed by atoms with Crippen LogP contribution in [-0.2, 0) is 4.74 Å². The minimum Gasteiger partial charge on any atom is -0.496 e. The maximum Gasteiger partial charge on any atom is 0.410 e. The number of methoxy groups -OCH3 is 1. The van der Waals surface area contributed by atoms with Crippen LogP contribution in [0, 0.1) is 11.8 Å². The quantitative estimate of drug-likeness (QED) is 0.289. The number of rotatable bonds is 10.